The highest BCUT2D eigenvalue weighted by Crippen LogP contribution is 2.64. The number of methoxy groups -OCH3 is 1. The van der Waals surface area contributed by atoms with Crippen LogP contribution in [0.3, 0.4) is 0 Å². The number of rotatable bonds is 2. The maximum atomic E-state index is 5.46. The zero-order chi connectivity index (χ0) is 15.6. The van der Waals surface area contributed by atoms with Gasteiger partial charge in [-0.15, -0.1) is 23.1 Å². The molecule has 3 aliphatic rings. The number of H-pyrrole nitrogens is 1. The molecule has 5 heteroatoms. The van der Waals surface area contributed by atoms with Crippen molar-refractivity contribution >= 4 is 35.3 Å². The molecule has 2 heterocycles. The van der Waals surface area contributed by atoms with Gasteiger partial charge < -0.3 is 9.72 Å². The van der Waals surface area contributed by atoms with Crippen LogP contribution in [-0.4, -0.2) is 17.3 Å². The number of benzene rings is 1. The molecule has 2 nitrogen and oxygen atoms in total. The molecule has 1 N–H and O–H groups in total. The Morgan fingerprint density at radius 1 is 1.17 bits per heavy atom. The van der Waals surface area contributed by atoms with Crippen LogP contribution in [-0.2, 0) is 0 Å². The van der Waals surface area contributed by atoms with Gasteiger partial charge in [0.2, 0.25) is 0 Å². The predicted molar refractivity (Wildman–Crippen MR) is 98.3 cm³/mol. The van der Waals surface area contributed by atoms with Crippen LogP contribution < -0.4 is 4.74 Å². The lowest BCUT2D eigenvalue weighted by molar-refractivity contribution is 0.307. The quantitative estimate of drug-likeness (QED) is 0.718. The lowest BCUT2D eigenvalue weighted by Crippen LogP contribution is -2.33. The zero-order valence-electron chi connectivity index (χ0n) is 13.0. The lowest BCUT2D eigenvalue weighted by atomic mass is 9.75. The molecule has 5 atom stereocenters. The Morgan fingerprint density at radius 3 is 2.74 bits per heavy atom. The van der Waals surface area contributed by atoms with Gasteiger partial charge >= 0.3 is 0 Å². The Balaban J connectivity index is 1.64. The van der Waals surface area contributed by atoms with E-state index >= 15 is 0 Å². The zero-order valence-corrected chi connectivity index (χ0v) is 15.4. The summed E-state index contributed by atoms with van der Waals surface area (Å²) in [6, 6.07) is 8.72. The summed E-state index contributed by atoms with van der Waals surface area (Å²) in [5, 5.41) is 2.11. The molecule has 2 bridgehead atoms. The van der Waals surface area contributed by atoms with Crippen LogP contribution in [0, 0.1) is 21.7 Å². The molecule has 0 radical (unpaired) electrons. The Kier molecular flexibility index (Phi) is 3.39. The van der Waals surface area contributed by atoms with E-state index in [2.05, 4.69) is 41.0 Å². The summed E-state index contributed by atoms with van der Waals surface area (Å²) in [4.78, 5) is 4.93. The van der Waals surface area contributed by atoms with Gasteiger partial charge in [-0.25, -0.2) is 0 Å². The first-order chi connectivity index (χ1) is 11.2. The second-order valence-corrected chi connectivity index (χ2v) is 9.86. The van der Waals surface area contributed by atoms with Crippen molar-refractivity contribution in [2.75, 3.05) is 7.11 Å². The third kappa shape index (κ3) is 2.16. The Morgan fingerprint density at radius 2 is 1.96 bits per heavy atom. The average Bonchev–Trinajstić information content (AvgIpc) is 3.26. The van der Waals surface area contributed by atoms with Crippen LogP contribution in [0.2, 0.25) is 0 Å². The topological polar surface area (TPSA) is 25.0 Å². The molecule has 2 aliphatic carbocycles. The van der Waals surface area contributed by atoms with Gasteiger partial charge in [0.25, 0.3) is 0 Å². The fourth-order valence-corrected chi connectivity index (χ4v) is 8.37. The molecule has 0 amide bonds. The average molecular weight is 362 g/mol. The maximum Gasteiger partial charge on any atom is 0.159 e. The van der Waals surface area contributed by atoms with Crippen molar-refractivity contribution in [3.63, 3.8) is 0 Å². The third-order valence-electron chi connectivity index (χ3n) is 5.94. The van der Waals surface area contributed by atoms with E-state index < -0.39 is 0 Å². The van der Waals surface area contributed by atoms with Crippen molar-refractivity contribution in [3.05, 3.63) is 38.7 Å². The number of ether oxygens (including phenoxy) is 1. The van der Waals surface area contributed by atoms with Gasteiger partial charge in [0.1, 0.15) is 5.75 Å². The number of fused-ring (bicyclic) bond motifs is 6. The number of hydrogen-bond donors (Lipinski definition) is 1. The molecule has 0 saturated heterocycles. The first-order valence-corrected chi connectivity index (χ1v) is 10.4. The van der Waals surface area contributed by atoms with Crippen LogP contribution in [0.4, 0.5) is 0 Å². The van der Waals surface area contributed by atoms with Gasteiger partial charge in [-0.3, -0.25) is 0 Å². The lowest BCUT2D eigenvalue weighted by Gasteiger charge is -2.40. The highest BCUT2D eigenvalue weighted by Gasteiger charge is 2.54. The first-order valence-electron chi connectivity index (χ1n) is 8.28. The number of aromatic amines is 1. The molecule has 0 spiro atoms. The van der Waals surface area contributed by atoms with Crippen molar-refractivity contribution < 1.29 is 4.74 Å². The van der Waals surface area contributed by atoms with Crippen molar-refractivity contribution in [1.82, 2.24) is 4.98 Å². The summed E-state index contributed by atoms with van der Waals surface area (Å²) in [6.07, 6.45) is 4.28. The highest BCUT2D eigenvalue weighted by atomic mass is 32.2. The molecule has 120 valence electrons. The SMILES string of the molecule is COc1ccc([C@@H]2c3sc(=S)[nH]c3S[C@H]3[C@H]4CC[C@@H](C4)[C@@H]23)cc1. The molecule has 5 rings (SSSR count). The second kappa shape index (κ2) is 5.36. The van der Waals surface area contributed by atoms with Gasteiger partial charge in [0.05, 0.1) is 12.1 Å². The van der Waals surface area contributed by atoms with E-state index in [0.717, 1.165) is 32.7 Å². The summed E-state index contributed by atoms with van der Waals surface area (Å²) in [7, 11) is 1.73. The Labute approximate surface area is 149 Å². The third-order valence-corrected chi connectivity index (χ3v) is 8.92. The molecule has 1 aromatic heterocycles. The molecule has 1 aliphatic heterocycles. The molecular weight excluding hydrogens is 342 g/mol. The normalized spacial score (nSPS) is 34.2. The summed E-state index contributed by atoms with van der Waals surface area (Å²) >= 11 is 9.33. The van der Waals surface area contributed by atoms with E-state index in [4.69, 9.17) is 17.0 Å². The minimum Gasteiger partial charge on any atom is -0.497 e. The van der Waals surface area contributed by atoms with Crippen molar-refractivity contribution in [2.24, 2.45) is 17.8 Å². The highest BCUT2D eigenvalue weighted by molar-refractivity contribution is 8.00. The van der Waals surface area contributed by atoms with Gasteiger partial charge in [-0.2, -0.15) is 0 Å². The monoisotopic (exact) mass is 361 g/mol. The summed E-state index contributed by atoms with van der Waals surface area (Å²) in [5.74, 6) is 4.03. The van der Waals surface area contributed by atoms with Crippen molar-refractivity contribution in [2.45, 2.75) is 35.5 Å². The molecular formula is C18H19NOS3. The molecule has 1 aromatic carbocycles. The molecule has 2 fully saturated rings. The second-order valence-electron chi connectivity index (χ2n) is 6.95. The van der Waals surface area contributed by atoms with Gasteiger partial charge in [0.15, 0.2) is 3.95 Å². The van der Waals surface area contributed by atoms with E-state index in [1.165, 1.54) is 34.7 Å². The van der Waals surface area contributed by atoms with Gasteiger partial charge in [-0.1, -0.05) is 12.1 Å². The smallest absolute Gasteiger partial charge is 0.159 e. The van der Waals surface area contributed by atoms with E-state index in [0.29, 0.717) is 5.92 Å². The van der Waals surface area contributed by atoms with Gasteiger partial charge in [0, 0.05) is 16.0 Å². The first kappa shape index (κ1) is 14.6. The summed E-state index contributed by atoms with van der Waals surface area (Å²) in [5.41, 5.74) is 1.43. The fraction of sp³-hybridized carbons (Fsp3) is 0.500. The van der Waals surface area contributed by atoms with Crippen LogP contribution in [0.25, 0.3) is 0 Å². The van der Waals surface area contributed by atoms with Crippen molar-refractivity contribution in [3.8, 4) is 5.75 Å². The van der Waals surface area contributed by atoms with Crippen LogP contribution >= 0.6 is 35.3 Å². The maximum absolute atomic E-state index is 5.46. The number of nitrogens with one attached hydrogen (secondary N) is 1. The van der Waals surface area contributed by atoms with E-state index in [1.807, 2.05) is 0 Å². The standard InChI is InChI=1S/C18H19NOS3/c1-20-12-6-4-9(5-7-12)13-14-10-2-3-11(8-10)15(14)22-17-16(13)23-18(21)19-17/h4-7,10-11,13-15H,2-3,8H2,1H3,(H,19,21)/t10-,11-,13-,14-,15-/m0/s1. The summed E-state index contributed by atoms with van der Waals surface area (Å²) in [6.45, 7) is 0. The largest absolute Gasteiger partial charge is 0.497 e. The van der Waals surface area contributed by atoms with E-state index in [1.54, 1.807) is 18.4 Å². The van der Waals surface area contributed by atoms with Gasteiger partial charge in [-0.05, 0) is 66.9 Å². The minimum absolute atomic E-state index is 0.510. The molecule has 23 heavy (non-hydrogen) atoms. The molecule has 2 aromatic rings. The van der Waals surface area contributed by atoms with E-state index in [-0.39, 0.29) is 0 Å². The number of thiazole rings is 1. The predicted octanol–water partition coefficient (Wildman–Crippen LogP) is 5.47. The van der Waals surface area contributed by atoms with E-state index in [9.17, 15) is 0 Å². The van der Waals surface area contributed by atoms with Crippen molar-refractivity contribution in [1.29, 1.82) is 0 Å². The summed E-state index contributed by atoms with van der Waals surface area (Å²) < 4.78 is 6.27. The number of aromatic nitrogens is 1. The number of thioether (sulfide) groups is 1. The Bertz CT molecular complexity index is 793. The molecule has 0 unspecified atom stereocenters. The van der Waals surface area contributed by atoms with Crippen LogP contribution in [0.1, 0.15) is 35.6 Å². The fourth-order valence-electron chi connectivity index (χ4n) is 5.03. The van der Waals surface area contributed by atoms with Crippen LogP contribution in [0.15, 0.2) is 29.3 Å². The molecule has 2 saturated carbocycles. The van der Waals surface area contributed by atoms with Crippen LogP contribution in [0.5, 0.6) is 5.75 Å². The Hall–Kier alpha value is -0.780. The number of hydrogen-bond acceptors (Lipinski definition) is 4. The minimum atomic E-state index is 0.510.